The van der Waals surface area contributed by atoms with Gasteiger partial charge in [-0.05, 0) is 22.8 Å². The van der Waals surface area contributed by atoms with Crippen LogP contribution in [0.25, 0.3) is 0 Å². The van der Waals surface area contributed by atoms with Gasteiger partial charge in [-0.3, -0.25) is 9.89 Å². The molecule has 0 spiro atoms. The number of H-pyrrole nitrogens is 1. The smallest absolute Gasteiger partial charge is 0.251 e. The summed E-state index contributed by atoms with van der Waals surface area (Å²) in [5, 5.41) is 10.6. The van der Waals surface area contributed by atoms with Gasteiger partial charge in [0.1, 0.15) is 6.33 Å². The summed E-state index contributed by atoms with van der Waals surface area (Å²) in [7, 11) is 0. The fourth-order valence-corrected chi connectivity index (χ4v) is 4.15. The Bertz CT molecular complexity index is 1030. The van der Waals surface area contributed by atoms with E-state index in [1.807, 2.05) is 60.7 Å². The number of amides is 1. The van der Waals surface area contributed by atoms with Gasteiger partial charge in [0.15, 0.2) is 5.16 Å². The molecule has 0 aliphatic rings. The van der Waals surface area contributed by atoms with E-state index in [0.29, 0.717) is 17.9 Å². The summed E-state index contributed by atoms with van der Waals surface area (Å²) in [5.74, 6) is 0.660. The number of nitrogens with one attached hydrogen (secondary N) is 2. The summed E-state index contributed by atoms with van der Waals surface area (Å²) >= 11 is 1.52. The average molecular weight is 415 g/mol. The monoisotopic (exact) mass is 414 g/mol. The van der Waals surface area contributed by atoms with Crippen LogP contribution in [0, 0.1) is 0 Å². The third kappa shape index (κ3) is 4.96. The zero-order valence-corrected chi connectivity index (χ0v) is 17.2. The third-order valence-electron chi connectivity index (χ3n) is 4.89. The molecule has 0 saturated carbocycles. The summed E-state index contributed by atoms with van der Waals surface area (Å²) in [4.78, 5) is 17.2. The Hall–Kier alpha value is -3.38. The molecule has 0 aliphatic carbocycles. The zero-order chi connectivity index (χ0) is 20.6. The molecule has 0 fully saturated rings. The average Bonchev–Trinajstić information content (AvgIpc) is 3.33. The van der Waals surface area contributed by atoms with Gasteiger partial charge in [-0.2, -0.15) is 5.10 Å². The topological polar surface area (TPSA) is 70.7 Å². The maximum Gasteiger partial charge on any atom is 0.251 e. The highest BCUT2D eigenvalue weighted by molar-refractivity contribution is 7.98. The normalized spacial score (nSPS) is 10.8. The molecule has 4 rings (SSSR count). The first kappa shape index (κ1) is 19.9. The minimum absolute atomic E-state index is 0.0689. The second kappa shape index (κ2) is 9.89. The van der Waals surface area contributed by atoms with E-state index in [4.69, 9.17) is 0 Å². The predicted molar refractivity (Wildman–Crippen MR) is 119 cm³/mol. The number of thioether (sulfide) groups is 1. The molecule has 0 radical (unpaired) electrons. The van der Waals surface area contributed by atoms with Crippen molar-refractivity contribution in [2.45, 2.75) is 16.8 Å². The van der Waals surface area contributed by atoms with Crippen molar-refractivity contribution in [1.29, 1.82) is 0 Å². The van der Waals surface area contributed by atoms with Crippen LogP contribution in [0.15, 0.2) is 96.4 Å². The molecule has 0 atom stereocenters. The van der Waals surface area contributed by atoms with Crippen molar-refractivity contribution in [3.8, 4) is 0 Å². The lowest BCUT2D eigenvalue weighted by Crippen LogP contribution is -2.29. The van der Waals surface area contributed by atoms with Gasteiger partial charge in [0.25, 0.3) is 5.91 Å². The lowest BCUT2D eigenvalue weighted by Gasteiger charge is -2.19. The molecule has 1 heterocycles. The number of aromatic nitrogens is 3. The SMILES string of the molecule is O=C(NCC(c1ccccc1)c1ccccc1)c1ccccc1CSc1ncn[nH]1. The van der Waals surface area contributed by atoms with E-state index in [2.05, 4.69) is 44.8 Å². The molecule has 1 aromatic heterocycles. The van der Waals surface area contributed by atoms with Gasteiger partial charge >= 0.3 is 0 Å². The Kier molecular flexibility index (Phi) is 6.57. The van der Waals surface area contributed by atoms with Crippen LogP contribution in [0.3, 0.4) is 0 Å². The molecule has 5 nitrogen and oxygen atoms in total. The molecule has 3 aromatic carbocycles. The molecule has 6 heteroatoms. The van der Waals surface area contributed by atoms with E-state index < -0.39 is 0 Å². The van der Waals surface area contributed by atoms with Gasteiger partial charge in [0.2, 0.25) is 0 Å². The van der Waals surface area contributed by atoms with Crippen molar-refractivity contribution >= 4 is 17.7 Å². The Labute approximate surface area is 180 Å². The van der Waals surface area contributed by atoms with Crippen LogP contribution in [0.1, 0.15) is 33.0 Å². The van der Waals surface area contributed by atoms with Crippen LogP contribution < -0.4 is 5.32 Å². The van der Waals surface area contributed by atoms with Crippen molar-refractivity contribution < 1.29 is 4.79 Å². The van der Waals surface area contributed by atoms with E-state index in [1.165, 1.54) is 29.2 Å². The van der Waals surface area contributed by atoms with Crippen LogP contribution in [0.4, 0.5) is 0 Å². The predicted octanol–water partition coefficient (Wildman–Crippen LogP) is 4.66. The van der Waals surface area contributed by atoms with Crippen molar-refractivity contribution in [3.05, 3.63) is 114 Å². The van der Waals surface area contributed by atoms with Crippen LogP contribution in [-0.4, -0.2) is 27.6 Å². The minimum atomic E-state index is -0.0689. The molecule has 0 aliphatic heterocycles. The van der Waals surface area contributed by atoms with Crippen molar-refractivity contribution in [3.63, 3.8) is 0 Å². The van der Waals surface area contributed by atoms with Crippen molar-refractivity contribution in [2.75, 3.05) is 6.54 Å². The second-order valence-electron chi connectivity index (χ2n) is 6.82. The van der Waals surface area contributed by atoms with Gasteiger partial charge in [0.05, 0.1) is 0 Å². The Morgan fingerprint density at radius 3 is 2.17 bits per heavy atom. The molecule has 2 N–H and O–H groups in total. The summed E-state index contributed by atoms with van der Waals surface area (Å²) in [5.41, 5.74) is 4.01. The van der Waals surface area contributed by atoms with Gasteiger partial charge in [-0.15, -0.1) is 0 Å². The highest BCUT2D eigenvalue weighted by Gasteiger charge is 2.17. The second-order valence-corrected chi connectivity index (χ2v) is 7.78. The number of carbonyl (C=O) groups excluding carboxylic acids is 1. The molecule has 0 bridgehead atoms. The van der Waals surface area contributed by atoms with Crippen LogP contribution in [-0.2, 0) is 5.75 Å². The number of hydrogen-bond donors (Lipinski definition) is 2. The number of carbonyl (C=O) groups is 1. The highest BCUT2D eigenvalue weighted by atomic mass is 32.2. The standard InChI is InChI=1S/C24H22N4OS/c29-23(21-14-8-7-13-20(21)16-30-24-26-17-27-28-24)25-15-22(18-9-3-1-4-10-18)19-11-5-2-6-12-19/h1-14,17,22H,15-16H2,(H,25,29)(H,26,27,28). The van der Waals surface area contributed by atoms with Crippen molar-refractivity contribution in [1.82, 2.24) is 20.5 Å². The highest BCUT2D eigenvalue weighted by Crippen LogP contribution is 2.25. The Morgan fingerprint density at radius 2 is 1.53 bits per heavy atom. The van der Waals surface area contributed by atoms with Crippen LogP contribution in [0.5, 0.6) is 0 Å². The summed E-state index contributed by atoms with van der Waals surface area (Å²) < 4.78 is 0. The summed E-state index contributed by atoms with van der Waals surface area (Å²) in [6.45, 7) is 0.524. The number of rotatable bonds is 8. The molecular weight excluding hydrogens is 392 g/mol. The van der Waals surface area contributed by atoms with E-state index >= 15 is 0 Å². The molecule has 150 valence electrons. The van der Waals surface area contributed by atoms with Crippen LogP contribution >= 0.6 is 11.8 Å². The van der Waals surface area contributed by atoms with E-state index in [0.717, 1.165) is 10.7 Å². The number of benzene rings is 3. The molecule has 1 amide bonds. The minimum Gasteiger partial charge on any atom is -0.351 e. The zero-order valence-electron chi connectivity index (χ0n) is 16.4. The Balaban J connectivity index is 1.49. The fraction of sp³-hybridized carbons (Fsp3) is 0.125. The molecule has 30 heavy (non-hydrogen) atoms. The van der Waals surface area contributed by atoms with Gasteiger partial charge in [-0.1, -0.05) is 90.6 Å². The largest absolute Gasteiger partial charge is 0.351 e. The first-order valence-electron chi connectivity index (χ1n) is 9.75. The lowest BCUT2D eigenvalue weighted by atomic mass is 9.91. The van der Waals surface area contributed by atoms with Crippen LogP contribution in [0.2, 0.25) is 0 Å². The summed E-state index contributed by atoms with van der Waals surface area (Å²) in [6.07, 6.45) is 1.48. The van der Waals surface area contributed by atoms with Crippen molar-refractivity contribution in [2.24, 2.45) is 0 Å². The lowest BCUT2D eigenvalue weighted by molar-refractivity contribution is 0.0951. The van der Waals surface area contributed by atoms with Gasteiger partial charge in [0, 0.05) is 23.8 Å². The summed E-state index contributed by atoms with van der Waals surface area (Å²) in [6, 6.07) is 28.2. The molecular formula is C24H22N4OS. The molecule has 0 saturated heterocycles. The van der Waals surface area contributed by atoms with Gasteiger partial charge in [-0.25, -0.2) is 4.98 Å². The first-order valence-corrected chi connectivity index (χ1v) is 10.7. The maximum atomic E-state index is 13.0. The fourth-order valence-electron chi connectivity index (χ4n) is 3.37. The van der Waals surface area contributed by atoms with Gasteiger partial charge < -0.3 is 5.32 Å². The molecule has 4 aromatic rings. The quantitative estimate of drug-likeness (QED) is 0.412. The first-order chi connectivity index (χ1) is 14.8. The number of hydrogen-bond acceptors (Lipinski definition) is 4. The third-order valence-corrected chi connectivity index (χ3v) is 5.82. The Morgan fingerprint density at radius 1 is 0.900 bits per heavy atom. The number of aromatic amines is 1. The number of nitrogens with zero attached hydrogens (tertiary/aromatic N) is 2. The van der Waals surface area contributed by atoms with E-state index in [1.54, 1.807) is 0 Å². The van der Waals surface area contributed by atoms with E-state index in [9.17, 15) is 4.79 Å². The molecule has 0 unspecified atom stereocenters. The maximum absolute atomic E-state index is 13.0. The van der Waals surface area contributed by atoms with E-state index in [-0.39, 0.29) is 11.8 Å².